The minimum absolute atomic E-state index is 0. The Morgan fingerprint density at radius 3 is 3.05 bits per heavy atom. The van der Waals surface area contributed by atoms with Crippen molar-refractivity contribution >= 4 is 24.6 Å². The van der Waals surface area contributed by atoms with E-state index in [2.05, 4.69) is 37.4 Å². The first-order valence-electron chi connectivity index (χ1n) is 6.51. The largest absolute Gasteiger partial charge is 0.335 e. The van der Waals surface area contributed by atoms with Gasteiger partial charge in [0, 0.05) is 38.1 Å². The van der Waals surface area contributed by atoms with Crippen molar-refractivity contribution in [2.45, 2.75) is 6.04 Å². The molecule has 2 aromatic rings. The molecule has 112 valence electrons. The van der Waals surface area contributed by atoms with Crippen molar-refractivity contribution in [3.63, 3.8) is 0 Å². The predicted octanol–water partition coefficient (Wildman–Crippen LogP) is 1.03. The van der Waals surface area contributed by atoms with Crippen LogP contribution >= 0.6 is 12.4 Å². The second-order valence-electron chi connectivity index (χ2n) is 4.65. The first-order valence-corrected chi connectivity index (χ1v) is 6.51. The van der Waals surface area contributed by atoms with Gasteiger partial charge in [-0.1, -0.05) is 5.16 Å². The van der Waals surface area contributed by atoms with Crippen LogP contribution in [0.1, 0.15) is 23.5 Å². The molecule has 1 N–H and O–H groups in total. The van der Waals surface area contributed by atoms with Crippen LogP contribution in [-0.2, 0) is 0 Å². The summed E-state index contributed by atoms with van der Waals surface area (Å²) >= 11 is 0. The number of nitrogens with one attached hydrogen (secondary N) is 1. The molecule has 1 unspecified atom stereocenters. The Morgan fingerprint density at radius 1 is 1.38 bits per heavy atom. The quantitative estimate of drug-likeness (QED) is 0.907. The van der Waals surface area contributed by atoms with Gasteiger partial charge in [-0.05, 0) is 13.1 Å². The summed E-state index contributed by atoms with van der Waals surface area (Å²) in [4.78, 5) is 14.8. The van der Waals surface area contributed by atoms with E-state index < -0.39 is 0 Å². The van der Waals surface area contributed by atoms with Crippen LogP contribution in [0.3, 0.4) is 0 Å². The van der Waals surface area contributed by atoms with E-state index in [1.54, 1.807) is 30.7 Å². The Morgan fingerprint density at radius 2 is 2.29 bits per heavy atom. The Labute approximate surface area is 128 Å². The average Bonchev–Trinajstić information content (AvgIpc) is 2.95. The Hall–Kier alpha value is -1.83. The maximum Gasteiger partial charge on any atom is 0.250 e. The lowest BCUT2D eigenvalue weighted by molar-refractivity contribution is 0.190. The number of nitrogens with zero attached hydrogens (tertiary/aromatic N) is 5. The highest BCUT2D eigenvalue weighted by molar-refractivity contribution is 5.85. The minimum atomic E-state index is 0. The summed E-state index contributed by atoms with van der Waals surface area (Å²) in [6, 6.07) is 0.158. The number of likely N-dealkylation sites (N-methyl/N-ethyl adjacent to an activating group) is 1. The zero-order chi connectivity index (χ0) is 13.8. The molecule has 0 spiro atoms. The van der Waals surface area contributed by atoms with Gasteiger partial charge in [-0.2, -0.15) is 4.98 Å². The maximum atomic E-state index is 5.24. The van der Waals surface area contributed by atoms with E-state index >= 15 is 0 Å². The number of aromatic nitrogens is 4. The van der Waals surface area contributed by atoms with Gasteiger partial charge in [0.1, 0.15) is 0 Å². The maximum absolute atomic E-state index is 5.24. The van der Waals surface area contributed by atoms with E-state index in [1.165, 1.54) is 0 Å². The molecule has 0 saturated carbocycles. The van der Waals surface area contributed by atoms with Crippen LogP contribution in [0.2, 0.25) is 0 Å². The minimum Gasteiger partial charge on any atom is -0.335 e. The van der Waals surface area contributed by atoms with E-state index in [4.69, 9.17) is 4.52 Å². The van der Waals surface area contributed by atoms with Crippen molar-refractivity contribution < 1.29 is 4.52 Å². The SMILES string of the molecule is CN1CCNCC1c1noc(/C=C/c2cnccn2)n1.Cl. The van der Waals surface area contributed by atoms with Gasteiger partial charge in [0.2, 0.25) is 0 Å². The predicted molar refractivity (Wildman–Crippen MR) is 80.7 cm³/mol. The molecule has 0 radical (unpaired) electrons. The van der Waals surface area contributed by atoms with Crippen LogP contribution in [0.25, 0.3) is 12.2 Å². The van der Waals surface area contributed by atoms with E-state index in [9.17, 15) is 0 Å². The second-order valence-corrected chi connectivity index (χ2v) is 4.65. The van der Waals surface area contributed by atoms with Crippen molar-refractivity contribution in [2.75, 3.05) is 26.7 Å². The first kappa shape index (κ1) is 15.6. The average molecular weight is 309 g/mol. The fraction of sp³-hybridized carbons (Fsp3) is 0.385. The molecule has 8 heteroatoms. The smallest absolute Gasteiger partial charge is 0.250 e. The van der Waals surface area contributed by atoms with Gasteiger partial charge < -0.3 is 9.84 Å². The molecule has 2 aromatic heterocycles. The van der Waals surface area contributed by atoms with Gasteiger partial charge in [-0.25, -0.2) is 0 Å². The molecular formula is C13H17ClN6O. The molecule has 1 saturated heterocycles. The number of hydrogen-bond acceptors (Lipinski definition) is 7. The standard InChI is InChI=1S/C13H16N6O.ClH/c1-19-7-6-15-9-11(19)13-17-12(20-18-13)3-2-10-8-14-4-5-16-10;/h2-5,8,11,15H,6-7,9H2,1H3;1H/b3-2+;. The molecule has 0 bridgehead atoms. The van der Waals surface area contributed by atoms with Gasteiger partial charge in [0.05, 0.1) is 17.9 Å². The zero-order valence-electron chi connectivity index (χ0n) is 11.6. The van der Waals surface area contributed by atoms with Crippen molar-refractivity contribution in [2.24, 2.45) is 0 Å². The van der Waals surface area contributed by atoms with E-state index in [-0.39, 0.29) is 18.4 Å². The molecule has 7 nitrogen and oxygen atoms in total. The third-order valence-electron chi connectivity index (χ3n) is 3.25. The molecule has 0 amide bonds. The molecule has 3 heterocycles. The summed E-state index contributed by atoms with van der Waals surface area (Å²) < 4.78 is 5.24. The van der Waals surface area contributed by atoms with Crippen molar-refractivity contribution in [1.29, 1.82) is 0 Å². The number of rotatable bonds is 3. The van der Waals surface area contributed by atoms with E-state index in [0.29, 0.717) is 11.7 Å². The summed E-state index contributed by atoms with van der Waals surface area (Å²) in [5.74, 6) is 1.18. The highest BCUT2D eigenvalue weighted by Crippen LogP contribution is 2.18. The van der Waals surface area contributed by atoms with Crippen LogP contribution in [0, 0.1) is 0 Å². The third-order valence-corrected chi connectivity index (χ3v) is 3.25. The summed E-state index contributed by atoms with van der Waals surface area (Å²) in [7, 11) is 2.07. The summed E-state index contributed by atoms with van der Waals surface area (Å²) in [6.45, 7) is 2.80. The third kappa shape index (κ3) is 3.84. The van der Waals surface area contributed by atoms with Crippen LogP contribution in [0.4, 0.5) is 0 Å². The van der Waals surface area contributed by atoms with Crippen molar-refractivity contribution in [3.05, 3.63) is 36.0 Å². The lowest BCUT2D eigenvalue weighted by Crippen LogP contribution is -2.44. The number of hydrogen-bond donors (Lipinski definition) is 1. The molecule has 3 rings (SSSR count). The van der Waals surface area contributed by atoms with Crippen molar-refractivity contribution in [1.82, 2.24) is 30.3 Å². The Kier molecular flexibility index (Phi) is 5.38. The molecule has 1 atom stereocenters. The molecule has 0 aromatic carbocycles. The number of piperazine rings is 1. The summed E-state index contributed by atoms with van der Waals surface area (Å²) in [5.41, 5.74) is 0.753. The lowest BCUT2D eigenvalue weighted by Gasteiger charge is -2.30. The topological polar surface area (TPSA) is 80.0 Å². The van der Waals surface area contributed by atoms with E-state index in [0.717, 1.165) is 25.3 Å². The monoisotopic (exact) mass is 308 g/mol. The van der Waals surface area contributed by atoms with Gasteiger partial charge >= 0.3 is 0 Å². The molecule has 1 aliphatic heterocycles. The molecule has 21 heavy (non-hydrogen) atoms. The Balaban J connectivity index is 0.00000161. The fourth-order valence-electron chi connectivity index (χ4n) is 2.10. The molecule has 1 fully saturated rings. The zero-order valence-corrected chi connectivity index (χ0v) is 12.5. The van der Waals surface area contributed by atoms with E-state index in [1.807, 2.05) is 0 Å². The summed E-state index contributed by atoms with van der Waals surface area (Å²) in [5, 5.41) is 7.38. The summed E-state index contributed by atoms with van der Waals surface area (Å²) in [6.07, 6.45) is 8.49. The fourth-order valence-corrected chi connectivity index (χ4v) is 2.10. The van der Waals surface area contributed by atoms with Crippen LogP contribution in [0.15, 0.2) is 23.1 Å². The molecular weight excluding hydrogens is 292 g/mol. The highest BCUT2D eigenvalue weighted by atomic mass is 35.5. The van der Waals surface area contributed by atoms with Crippen molar-refractivity contribution in [3.8, 4) is 0 Å². The van der Waals surface area contributed by atoms with Crippen LogP contribution in [-0.4, -0.2) is 51.7 Å². The van der Waals surface area contributed by atoms with Gasteiger partial charge in [-0.15, -0.1) is 12.4 Å². The van der Waals surface area contributed by atoms with Gasteiger partial charge in [0.15, 0.2) is 5.82 Å². The first-order chi connectivity index (χ1) is 9.83. The molecule has 1 aliphatic rings. The molecule has 0 aliphatic carbocycles. The second kappa shape index (κ2) is 7.26. The van der Waals surface area contributed by atoms with Crippen LogP contribution < -0.4 is 5.32 Å². The highest BCUT2D eigenvalue weighted by Gasteiger charge is 2.24. The Bertz CT molecular complexity index is 587. The number of halogens is 1. The lowest BCUT2D eigenvalue weighted by atomic mass is 10.2. The van der Waals surface area contributed by atoms with Gasteiger partial charge in [-0.3, -0.25) is 14.9 Å². The van der Waals surface area contributed by atoms with Gasteiger partial charge in [0.25, 0.3) is 5.89 Å². The van der Waals surface area contributed by atoms with Crippen LogP contribution in [0.5, 0.6) is 0 Å². The normalized spacial score (nSPS) is 19.6.